The molecule has 3 aromatic rings. The molecule has 0 fully saturated rings. The average Bonchev–Trinajstić information content (AvgIpc) is 3.01. The summed E-state index contributed by atoms with van der Waals surface area (Å²) in [6.45, 7) is 1.89. The molecule has 0 bridgehead atoms. The lowest BCUT2D eigenvalue weighted by Crippen LogP contribution is -2.18. The Bertz CT molecular complexity index is 901. The molecular formula is C18H19N3O2S. The van der Waals surface area contributed by atoms with Gasteiger partial charge in [-0.25, -0.2) is 13.4 Å². The van der Waals surface area contributed by atoms with E-state index < -0.39 is 10.0 Å². The summed E-state index contributed by atoms with van der Waals surface area (Å²) < 4.78 is 27.0. The average molecular weight is 341 g/mol. The third-order valence-electron chi connectivity index (χ3n) is 3.67. The number of nitrogens with zero attached hydrogens (tertiary/aromatic N) is 1. The normalized spacial score (nSPS) is 11.4. The summed E-state index contributed by atoms with van der Waals surface area (Å²) in [4.78, 5) is 7.31. The molecule has 0 saturated heterocycles. The molecule has 6 heteroatoms. The minimum atomic E-state index is -3.38. The molecule has 124 valence electrons. The van der Waals surface area contributed by atoms with Crippen LogP contribution in [0.15, 0.2) is 60.8 Å². The van der Waals surface area contributed by atoms with Crippen LogP contribution < -0.4 is 4.72 Å². The number of anilines is 1. The van der Waals surface area contributed by atoms with Crippen molar-refractivity contribution in [3.05, 3.63) is 72.2 Å². The summed E-state index contributed by atoms with van der Waals surface area (Å²) in [5.74, 6) is 0.897. The van der Waals surface area contributed by atoms with E-state index in [2.05, 4.69) is 14.7 Å². The van der Waals surface area contributed by atoms with Gasteiger partial charge in [0.1, 0.15) is 5.82 Å². The number of aromatic nitrogens is 2. The van der Waals surface area contributed by atoms with Crippen molar-refractivity contribution in [3.8, 4) is 11.3 Å². The molecule has 1 heterocycles. The molecule has 0 atom stereocenters. The molecule has 0 aliphatic rings. The van der Waals surface area contributed by atoms with Gasteiger partial charge >= 0.3 is 0 Å². The lowest BCUT2D eigenvalue weighted by Gasteiger charge is -2.08. The molecule has 1 aromatic heterocycles. The zero-order valence-electron chi connectivity index (χ0n) is 13.4. The zero-order valence-corrected chi connectivity index (χ0v) is 14.2. The summed E-state index contributed by atoms with van der Waals surface area (Å²) in [6.07, 6.45) is 2.25. The maximum atomic E-state index is 12.2. The van der Waals surface area contributed by atoms with E-state index in [-0.39, 0.29) is 5.75 Å². The highest BCUT2D eigenvalue weighted by Crippen LogP contribution is 2.20. The van der Waals surface area contributed by atoms with Gasteiger partial charge in [-0.3, -0.25) is 4.72 Å². The molecule has 3 rings (SSSR count). The Morgan fingerprint density at radius 2 is 1.75 bits per heavy atom. The molecule has 0 amide bonds. The first-order chi connectivity index (χ1) is 11.5. The van der Waals surface area contributed by atoms with E-state index in [0.29, 0.717) is 12.1 Å². The maximum Gasteiger partial charge on any atom is 0.233 e. The van der Waals surface area contributed by atoms with Crippen LogP contribution in [-0.4, -0.2) is 24.1 Å². The van der Waals surface area contributed by atoms with Crippen LogP contribution in [0.5, 0.6) is 0 Å². The Hall–Kier alpha value is -2.60. The molecule has 0 aliphatic heterocycles. The van der Waals surface area contributed by atoms with Gasteiger partial charge in [0.2, 0.25) is 10.0 Å². The summed E-state index contributed by atoms with van der Waals surface area (Å²) in [7, 11) is -3.38. The second kappa shape index (κ2) is 6.88. The molecule has 0 spiro atoms. The first-order valence-corrected chi connectivity index (χ1v) is 9.33. The summed E-state index contributed by atoms with van der Waals surface area (Å²) in [5, 5.41) is 0. The fraction of sp³-hybridized carbons (Fsp3) is 0.167. The van der Waals surface area contributed by atoms with E-state index in [1.807, 2.05) is 49.4 Å². The van der Waals surface area contributed by atoms with E-state index in [9.17, 15) is 8.42 Å². The zero-order chi connectivity index (χ0) is 17.0. The highest BCUT2D eigenvalue weighted by atomic mass is 32.2. The largest absolute Gasteiger partial charge is 0.342 e. The maximum absolute atomic E-state index is 12.2. The number of benzene rings is 2. The first-order valence-electron chi connectivity index (χ1n) is 7.68. The Labute approximate surface area is 141 Å². The van der Waals surface area contributed by atoms with Crippen LogP contribution in [0, 0.1) is 6.92 Å². The van der Waals surface area contributed by atoms with Crippen molar-refractivity contribution in [1.82, 2.24) is 9.97 Å². The summed E-state index contributed by atoms with van der Waals surface area (Å²) >= 11 is 0. The molecule has 0 unspecified atom stereocenters. The number of nitrogens with one attached hydrogen (secondary N) is 2. The topological polar surface area (TPSA) is 74.8 Å². The van der Waals surface area contributed by atoms with E-state index in [4.69, 9.17) is 0 Å². The van der Waals surface area contributed by atoms with Crippen molar-refractivity contribution in [2.45, 2.75) is 13.3 Å². The molecule has 24 heavy (non-hydrogen) atoms. The number of aryl methyl sites for hydroxylation is 2. The van der Waals surface area contributed by atoms with Crippen LogP contribution in [0.1, 0.15) is 11.4 Å². The highest BCUT2D eigenvalue weighted by molar-refractivity contribution is 7.92. The van der Waals surface area contributed by atoms with Crippen LogP contribution in [0.2, 0.25) is 0 Å². The SMILES string of the molecule is Cc1ncc(-c2ccc(NS(=O)(=O)CCc3ccccc3)cc2)[nH]1. The van der Waals surface area contributed by atoms with Crippen molar-refractivity contribution < 1.29 is 8.42 Å². The molecule has 2 aromatic carbocycles. The van der Waals surface area contributed by atoms with Gasteiger partial charge in [-0.1, -0.05) is 42.5 Å². The lowest BCUT2D eigenvalue weighted by molar-refractivity contribution is 0.600. The van der Waals surface area contributed by atoms with Gasteiger partial charge < -0.3 is 4.98 Å². The smallest absolute Gasteiger partial charge is 0.233 e. The van der Waals surface area contributed by atoms with Gasteiger partial charge in [0.25, 0.3) is 0 Å². The number of hydrogen-bond donors (Lipinski definition) is 2. The summed E-state index contributed by atoms with van der Waals surface area (Å²) in [5.41, 5.74) is 3.43. The molecule has 0 saturated carbocycles. The van der Waals surface area contributed by atoms with Crippen molar-refractivity contribution in [2.75, 3.05) is 10.5 Å². The number of sulfonamides is 1. The van der Waals surface area contributed by atoms with Gasteiger partial charge in [0, 0.05) is 5.69 Å². The van der Waals surface area contributed by atoms with Crippen LogP contribution in [0.3, 0.4) is 0 Å². The third kappa shape index (κ3) is 4.23. The van der Waals surface area contributed by atoms with Crippen molar-refractivity contribution in [2.24, 2.45) is 0 Å². The molecular weight excluding hydrogens is 322 g/mol. The number of rotatable bonds is 6. The second-order valence-corrected chi connectivity index (χ2v) is 7.46. The second-order valence-electron chi connectivity index (χ2n) is 5.62. The third-order valence-corrected chi connectivity index (χ3v) is 4.96. The minimum absolute atomic E-state index is 0.0541. The van der Waals surface area contributed by atoms with Crippen LogP contribution in [0.25, 0.3) is 11.3 Å². The van der Waals surface area contributed by atoms with E-state index in [1.165, 1.54) is 0 Å². The number of aromatic amines is 1. The highest BCUT2D eigenvalue weighted by Gasteiger charge is 2.11. The van der Waals surface area contributed by atoms with Crippen molar-refractivity contribution >= 4 is 15.7 Å². The predicted molar refractivity (Wildman–Crippen MR) is 96.3 cm³/mol. The van der Waals surface area contributed by atoms with Gasteiger partial charge in [-0.2, -0.15) is 0 Å². The Balaban J connectivity index is 1.64. The van der Waals surface area contributed by atoms with Gasteiger partial charge in [0.15, 0.2) is 0 Å². The first kappa shape index (κ1) is 16.3. The number of H-pyrrole nitrogens is 1. The van der Waals surface area contributed by atoms with Crippen LogP contribution in [-0.2, 0) is 16.4 Å². The lowest BCUT2D eigenvalue weighted by atomic mass is 10.1. The molecule has 2 N–H and O–H groups in total. The Kier molecular flexibility index (Phi) is 4.66. The Morgan fingerprint density at radius 3 is 2.38 bits per heavy atom. The number of hydrogen-bond acceptors (Lipinski definition) is 3. The van der Waals surface area contributed by atoms with E-state index in [1.54, 1.807) is 18.3 Å². The molecule has 0 radical (unpaired) electrons. The Morgan fingerprint density at radius 1 is 1.04 bits per heavy atom. The number of imidazole rings is 1. The fourth-order valence-corrected chi connectivity index (χ4v) is 3.51. The molecule has 0 aliphatic carbocycles. The quantitative estimate of drug-likeness (QED) is 0.722. The van der Waals surface area contributed by atoms with Crippen LogP contribution >= 0.6 is 0 Å². The van der Waals surface area contributed by atoms with E-state index in [0.717, 1.165) is 22.6 Å². The molecule has 5 nitrogen and oxygen atoms in total. The summed E-state index contributed by atoms with van der Waals surface area (Å²) in [6, 6.07) is 16.8. The standard InChI is InChI=1S/C18H19N3O2S/c1-14-19-13-18(20-14)16-7-9-17(10-8-16)21-24(22,23)12-11-15-5-3-2-4-6-15/h2-10,13,21H,11-12H2,1H3,(H,19,20). The van der Waals surface area contributed by atoms with E-state index >= 15 is 0 Å². The van der Waals surface area contributed by atoms with Crippen molar-refractivity contribution in [1.29, 1.82) is 0 Å². The van der Waals surface area contributed by atoms with Gasteiger partial charge in [-0.05, 0) is 36.6 Å². The predicted octanol–water partition coefficient (Wildman–Crippen LogP) is 3.37. The van der Waals surface area contributed by atoms with Crippen molar-refractivity contribution in [3.63, 3.8) is 0 Å². The monoisotopic (exact) mass is 341 g/mol. The minimum Gasteiger partial charge on any atom is -0.342 e. The van der Waals surface area contributed by atoms with Gasteiger partial charge in [-0.15, -0.1) is 0 Å². The fourth-order valence-electron chi connectivity index (χ4n) is 2.41. The van der Waals surface area contributed by atoms with Gasteiger partial charge in [0.05, 0.1) is 17.6 Å². The van der Waals surface area contributed by atoms with Crippen LogP contribution in [0.4, 0.5) is 5.69 Å².